The van der Waals surface area contributed by atoms with Crippen molar-refractivity contribution >= 4 is 16.0 Å². The maximum absolute atomic E-state index is 13.7. The highest BCUT2D eigenvalue weighted by Gasteiger charge is 2.38. The third-order valence-electron chi connectivity index (χ3n) is 7.67. The maximum Gasteiger partial charge on any atom is 0.243 e. The van der Waals surface area contributed by atoms with E-state index in [1.165, 1.54) is 0 Å². The van der Waals surface area contributed by atoms with Crippen LogP contribution in [0.25, 0.3) is 0 Å². The molecule has 0 saturated carbocycles. The number of ether oxygens (including phenoxy) is 2. The molecule has 1 N–H and O–H groups in total. The van der Waals surface area contributed by atoms with Crippen molar-refractivity contribution in [3.8, 4) is 11.6 Å². The summed E-state index contributed by atoms with van der Waals surface area (Å²) in [5.41, 5.74) is 1.22. The molecule has 39 heavy (non-hydrogen) atoms. The smallest absolute Gasteiger partial charge is 0.243 e. The average molecular weight is 554 g/mol. The first-order valence-electron chi connectivity index (χ1n) is 13.2. The Morgan fingerprint density at radius 1 is 1.10 bits per heavy atom. The molecule has 0 aliphatic carbocycles. The third kappa shape index (κ3) is 5.57. The second-order valence-corrected chi connectivity index (χ2v) is 12.1. The van der Waals surface area contributed by atoms with Crippen LogP contribution in [0.15, 0.2) is 53.8 Å². The third-order valence-corrected chi connectivity index (χ3v) is 9.93. The summed E-state index contributed by atoms with van der Waals surface area (Å²) < 4.78 is 40.3. The van der Waals surface area contributed by atoms with Gasteiger partial charge in [0.25, 0.3) is 0 Å². The highest BCUT2D eigenvalue weighted by Crippen LogP contribution is 2.34. The summed E-state index contributed by atoms with van der Waals surface area (Å²) in [7, 11) is -2.14. The average Bonchev–Trinajstić information content (AvgIpc) is 3.42. The first kappa shape index (κ1) is 27.3. The summed E-state index contributed by atoms with van der Waals surface area (Å²) in [5.74, 6) is 1.57. The van der Waals surface area contributed by atoms with Gasteiger partial charge in [0.1, 0.15) is 12.4 Å². The summed E-state index contributed by atoms with van der Waals surface area (Å²) in [6.45, 7) is 5.41. The molecule has 0 bridgehead atoms. The standard InChI is InChI=1S/C28H35N5O5S/c1-20-16-24(37-3)17-21(2)26(20)39(35,36)33-13-5-7-23(33)19-38-25-8-12-30-27(31-25)32-14-9-28(34,10-15-32)22-6-4-11-29-18-22/h4,6,8,11-12,16-18,23,34H,5,7,9-10,13-15,19H2,1-3H3/t23-/m0/s1. The van der Waals surface area contributed by atoms with Gasteiger partial charge in [-0.05, 0) is 68.9 Å². The molecule has 0 unspecified atom stereocenters. The van der Waals surface area contributed by atoms with Crippen LogP contribution in [0.5, 0.6) is 11.6 Å². The minimum Gasteiger partial charge on any atom is -0.497 e. The van der Waals surface area contributed by atoms with Gasteiger partial charge < -0.3 is 19.5 Å². The van der Waals surface area contributed by atoms with Crippen molar-refractivity contribution in [1.29, 1.82) is 0 Å². The lowest BCUT2D eigenvalue weighted by Crippen LogP contribution is -2.43. The number of pyridine rings is 1. The van der Waals surface area contributed by atoms with Crippen LogP contribution in [-0.2, 0) is 15.6 Å². The number of aromatic nitrogens is 3. The Morgan fingerprint density at radius 3 is 2.51 bits per heavy atom. The number of sulfonamides is 1. The van der Waals surface area contributed by atoms with Crippen molar-refractivity contribution in [1.82, 2.24) is 19.3 Å². The van der Waals surface area contributed by atoms with Gasteiger partial charge in [-0.15, -0.1) is 0 Å². The van der Waals surface area contributed by atoms with Crippen molar-refractivity contribution in [3.63, 3.8) is 0 Å². The minimum absolute atomic E-state index is 0.199. The van der Waals surface area contributed by atoms with E-state index in [1.807, 2.05) is 17.0 Å². The molecule has 208 valence electrons. The van der Waals surface area contributed by atoms with E-state index in [0.29, 0.717) is 72.5 Å². The number of rotatable bonds is 8. The number of aliphatic hydroxyl groups is 1. The molecule has 4 heterocycles. The Labute approximate surface area is 229 Å². The number of benzene rings is 1. The molecule has 0 radical (unpaired) electrons. The van der Waals surface area contributed by atoms with Gasteiger partial charge in [0.2, 0.25) is 21.9 Å². The topological polar surface area (TPSA) is 118 Å². The van der Waals surface area contributed by atoms with E-state index in [0.717, 1.165) is 12.0 Å². The van der Waals surface area contributed by atoms with E-state index in [1.54, 1.807) is 62.1 Å². The number of nitrogens with zero attached hydrogens (tertiary/aromatic N) is 5. The molecule has 1 aromatic carbocycles. The summed E-state index contributed by atoms with van der Waals surface area (Å²) in [5, 5.41) is 11.1. The molecule has 2 aliphatic heterocycles. The van der Waals surface area contributed by atoms with Crippen molar-refractivity contribution in [2.75, 3.05) is 38.3 Å². The maximum atomic E-state index is 13.7. The van der Waals surface area contributed by atoms with E-state index < -0.39 is 15.6 Å². The molecular weight excluding hydrogens is 518 g/mol. The fraction of sp³-hybridized carbons (Fsp3) is 0.464. The van der Waals surface area contributed by atoms with Crippen molar-refractivity contribution < 1.29 is 23.0 Å². The highest BCUT2D eigenvalue weighted by atomic mass is 32.2. The molecule has 5 rings (SSSR count). The van der Waals surface area contributed by atoms with Crippen LogP contribution < -0.4 is 14.4 Å². The van der Waals surface area contributed by atoms with E-state index in [4.69, 9.17) is 9.47 Å². The molecule has 10 nitrogen and oxygen atoms in total. The van der Waals surface area contributed by atoms with E-state index >= 15 is 0 Å². The Bertz CT molecular complexity index is 1390. The van der Waals surface area contributed by atoms with Crippen molar-refractivity contribution in [2.24, 2.45) is 0 Å². The van der Waals surface area contributed by atoms with Gasteiger partial charge in [-0.2, -0.15) is 9.29 Å². The molecule has 2 aromatic heterocycles. The zero-order valence-electron chi connectivity index (χ0n) is 22.6. The normalized spacial score (nSPS) is 19.7. The highest BCUT2D eigenvalue weighted by molar-refractivity contribution is 7.89. The Morgan fingerprint density at radius 2 is 1.85 bits per heavy atom. The van der Waals surface area contributed by atoms with Crippen LogP contribution in [-0.4, -0.2) is 72.2 Å². The van der Waals surface area contributed by atoms with E-state index in [2.05, 4.69) is 15.0 Å². The van der Waals surface area contributed by atoms with Gasteiger partial charge >= 0.3 is 0 Å². The predicted octanol–water partition coefficient (Wildman–Crippen LogP) is 3.22. The number of methoxy groups -OCH3 is 1. The summed E-state index contributed by atoms with van der Waals surface area (Å²) >= 11 is 0. The van der Waals surface area contributed by atoms with Crippen LogP contribution in [0.4, 0.5) is 5.95 Å². The number of anilines is 1. The largest absolute Gasteiger partial charge is 0.497 e. The van der Waals surface area contributed by atoms with Gasteiger partial charge in [0.05, 0.1) is 23.6 Å². The van der Waals surface area contributed by atoms with Crippen LogP contribution in [0.3, 0.4) is 0 Å². The first-order chi connectivity index (χ1) is 18.7. The van der Waals surface area contributed by atoms with Crippen LogP contribution in [0.2, 0.25) is 0 Å². The number of hydrogen-bond acceptors (Lipinski definition) is 9. The Balaban J connectivity index is 1.25. The van der Waals surface area contributed by atoms with Crippen LogP contribution in [0, 0.1) is 13.8 Å². The molecular formula is C28H35N5O5S. The summed E-state index contributed by atoms with van der Waals surface area (Å²) in [6.07, 6.45) is 7.60. The van der Waals surface area contributed by atoms with Crippen molar-refractivity contribution in [2.45, 2.75) is 56.1 Å². The molecule has 2 saturated heterocycles. The fourth-order valence-corrected chi connectivity index (χ4v) is 7.69. The van der Waals surface area contributed by atoms with Gasteiger partial charge in [0, 0.05) is 49.9 Å². The summed E-state index contributed by atoms with van der Waals surface area (Å²) in [4.78, 5) is 15.5. The summed E-state index contributed by atoms with van der Waals surface area (Å²) in [6, 6.07) is 8.63. The van der Waals surface area contributed by atoms with Gasteiger partial charge in [-0.1, -0.05) is 6.07 Å². The van der Waals surface area contributed by atoms with Crippen LogP contribution in [0.1, 0.15) is 42.4 Å². The molecule has 3 aromatic rings. The van der Waals surface area contributed by atoms with E-state index in [9.17, 15) is 13.5 Å². The van der Waals surface area contributed by atoms with Gasteiger partial charge in [0.15, 0.2) is 0 Å². The fourth-order valence-electron chi connectivity index (χ4n) is 5.59. The molecule has 11 heteroatoms. The monoisotopic (exact) mass is 553 g/mol. The predicted molar refractivity (Wildman–Crippen MR) is 146 cm³/mol. The van der Waals surface area contributed by atoms with Gasteiger partial charge in [-0.3, -0.25) is 4.98 Å². The molecule has 0 spiro atoms. The molecule has 2 aliphatic rings. The van der Waals surface area contributed by atoms with E-state index in [-0.39, 0.29) is 12.6 Å². The van der Waals surface area contributed by atoms with Crippen molar-refractivity contribution in [3.05, 3.63) is 65.6 Å². The Hall–Kier alpha value is -3.28. The number of hydrogen-bond donors (Lipinski definition) is 1. The van der Waals surface area contributed by atoms with Crippen LogP contribution >= 0.6 is 0 Å². The number of aryl methyl sites for hydroxylation is 2. The zero-order chi connectivity index (χ0) is 27.6. The molecule has 0 amide bonds. The SMILES string of the molecule is COc1cc(C)c(S(=O)(=O)N2CCC[C@H]2COc2ccnc(N3CCC(O)(c4cccnc4)CC3)n2)c(C)c1. The number of piperidine rings is 1. The zero-order valence-corrected chi connectivity index (χ0v) is 23.4. The minimum atomic E-state index is -3.71. The first-order valence-corrected chi connectivity index (χ1v) is 14.7. The second-order valence-electron chi connectivity index (χ2n) is 10.3. The lowest BCUT2D eigenvalue weighted by atomic mass is 9.85. The van der Waals surface area contributed by atoms with Gasteiger partial charge in [-0.25, -0.2) is 13.4 Å². The quantitative estimate of drug-likeness (QED) is 0.449. The lowest BCUT2D eigenvalue weighted by molar-refractivity contribution is 0.0112. The Kier molecular flexibility index (Phi) is 7.75. The molecule has 1 atom stereocenters. The second kappa shape index (κ2) is 11.1. The lowest BCUT2D eigenvalue weighted by Gasteiger charge is -2.38. The molecule has 2 fully saturated rings.